The minimum Gasteiger partial charge on any atom is -0.434 e. The van der Waals surface area contributed by atoms with E-state index in [1.165, 1.54) is 6.07 Å². The third-order valence-corrected chi connectivity index (χ3v) is 4.67. The summed E-state index contributed by atoms with van der Waals surface area (Å²) in [5.74, 6) is 0.571. The second kappa shape index (κ2) is 5.75. The van der Waals surface area contributed by atoms with Crippen molar-refractivity contribution in [2.75, 3.05) is 12.3 Å². The lowest BCUT2D eigenvalue weighted by Gasteiger charge is -2.28. The fourth-order valence-electron chi connectivity index (χ4n) is 1.96. The average Bonchev–Trinajstić information content (AvgIpc) is 2.33. The summed E-state index contributed by atoms with van der Waals surface area (Å²) < 4.78 is 40.9. The van der Waals surface area contributed by atoms with E-state index < -0.39 is 17.4 Å². The van der Waals surface area contributed by atoms with Crippen molar-refractivity contribution in [1.29, 1.82) is 0 Å². The van der Waals surface area contributed by atoms with Crippen LogP contribution in [0.15, 0.2) is 24.3 Å². The van der Waals surface area contributed by atoms with E-state index in [1.807, 2.05) is 6.92 Å². The minimum atomic E-state index is -2.85. The number of ether oxygens (including phenoxy) is 1. The van der Waals surface area contributed by atoms with Crippen molar-refractivity contribution >= 4 is 10.8 Å². The summed E-state index contributed by atoms with van der Waals surface area (Å²) in [6.07, 6.45) is 0. The molecular weight excluding hydrogens is 260 g/mol. The lowest BCUT2D eigenvalue weighted by molar-refractivity contribution is -0.0506. The zero-order valence-electron chi connectivity index (χ0n) is 9.94. The first-order valence-electron chi connectivity index (χ1n) is 5.72. The van der Waals surface area contributed by atoms with Gasteiger partial charge in [0, 0.05) is 40.0 Å². The highest BCUT2D eigenvalue weighted by atomic mass is 32.2. The Labute approximate surface area is 107 Å². The van der Waals surface area contributed by atoms with E-state index in [1.54, 1.807) is 18.2 Å². The predicted octanol–water partition coefficient (Wildman–Crippen LogP) is 2.07. The van der Waals surface area contributed by atoms with Gasteiger partial charge in [-0.25, -0.2) is 0 Å². The first kappa shape index (κ1) is 13.4. The molecule has 1 N–H and O–H groups in total. The second-order valence-electron chi connectivity index (χ2n) is 4.24. The third-order valence-electron chi connectivity index (χ3n) is 2.94. The molecule has 0 aromatic heterocycles. The Morgan fingerprint density at radius 3 is 2.83 bits per heavy atom. The van der Waals surface area contributed by atoms with Crippen molar-refractivity contribution in [3.8, 4) is 5.75 Å². The van der Waals surface area contributed by atoms with Crippen molar-refractivity contribution in [3.63, 3.8) is 0 Å². The number of alkyl halides is 2. The number of nitrogens with one attached hydrogen (secondary N) is 1. The van der Waals surface area contributed by atoms with Gasteiger partial charge in [0.05, 0.1) is 0 Å². The molecule has 100 valence electrons. The van der Waals surface area contributed by atoms with Crippen molar-refractivity contribution in [2.24, 2.45) is 0 Å². The number of halogens is 2. The summed E-state index contributed by atoms with van der Waals surface area (Å²) >= 11 is 0. The van der Waals surface area contributed by atoms with Crippen molar-refractivity contribution in [1.82, 2.24) is 5.32 Å². The Bertz CT molecular complexity index is 442. The van der Waals surface area contributed by atoms with E-state index >= 15 is 0 Å². The summed E-state index contributed by atoms with van der Waals surface area (Å²) in [6, 6.07) is 6.43. The van der Waals surface area contributed by atoms with Gasteiger partial charge in [-0.2, -0.15) is 8.78 Å². The molecule has 0 spiro atoms. The van der Waals surface area contributed by atoms with E-state index in [0.717, 1.165) is 0 Å². The molecule has 1 aliphatic rings. The van der Waals surface area contributed by atoms with Crippen LogP contribution in [0.3, 0.4) is 0 Å². The zero-order valence-corrected chi connectivity index (χ0v) is 10.8. The first-order chi connectivity index (χ1) is 8.58. The van der Waals surface area contributed by atoms with Gasteiger partial charge < -0.3 is 10.1 Å². The molecule has 0 bridgehead atoms. The fraction of sp³-hybridized carbons (Fsp3) is 0.500. The van der Waals surface area contributed by atoms with Gasteiger partial charge in [-0.05, 0) is 13.0 Å². The van der Waals surface area contributed by atoms with Crippen LogP contribution in [0.25, 0.3) is 0 Å². The van der Waals surface area contributed by atoms with Crippen LogP contribution in [-0.2, 0) is 10.8 Å². The van der Waals surface area contributed by atoms with Crippen LogP contribution in [0.1, 0.15) is 18.5 Å². The van der Waals surface area contributed by atoms with Gasteiger partial charge in [0.15, 0.2) is 0 Å². The molecule has 0 aliphatic carbocycles. The Morgan fingerprint density at radius 2 is 2.17 bits per heavy atom. The first-order valence-corrected chi connectivity index (χ1v) is 7.10. The molecule has 0 amide bonds. The Kier molecular flexibility index (Phi) is 4.29. The normalized spacial score (nSPS) is 28.3. The number of hydrogen-bond donors (Lipinski definition) is 1. The molecule has 1 aromatic rings. The predicted molar refractivity (Wildman–Crippen MR) is 66.3 cm³/mol. The van der Waals surface area contributed by atoms with Crippen LogP contribution in [-0.4, -0.2) is 28.4 Å². The number of benzene rings is 1. The lowest BCUT2D eigenvalue weighted by atomic mass is 10.1. The fourth-order valence-corrected chi connectivity index (χ4v) is 3.20. The van der Waals surface area contributed by atoms with E-state index in [0.29, 0.717) is 17.9 Å². The van der Waals surface area contributed by atoms with E-state index in [4.69, 9.17) is 0 Å². The molecule has 1 saturated heterocycles. The van der Waals surface area contributed by atoms with Crippen LogP contribution >= 0.6 is 0 Å². The number of para-hydroxylation sites is 1. The molecular formula is C12H15F2NO2S. The highest BCUT2D eigenvalue weighted by Gasteiger charge is 2.27. The van der Waals surface area contributed by atoms with Gasteiger partial charge in [0.1, 0.15) is 5.75 Å². The molecule has 3 atom stereocenters. The highest BCUT2D eigenvalue weighted by Crippen LogP contribution is 2.29. The Balaban J connectivity index is 2.20. The Hall–Kier alpha value is -1.01. The van der Waals surface area contributed by atoms with E-state index in [-0.39, 0.29) is 17.0 Å². The summed E-state index contributed by atoms with van der Waals surface area (Å²) in [5, 5.41) is 3.30. The maximum absolute atomic E-state index is 12.3. The highest BCUT2D eigenvalue weighted by molar-refractivity contribution is 7.85. The molecule has 2 rings (SSSR count). The monoisotopic (exact) mass is 275 g/mol. The standard InChI is InChI=1S/C12H15F2NO2S/c1-8-6-15-10(7-18(8)16)9-4-2-3-5-11(9)17-12(13)14/h2-5,8,10,12,15H,6-7H2,1H3. The Morgan fingerprint density at radius 1 is 1.44 bits per heavy atom. The van der Waals surface area contributed by atoms with Gasteiger partial charge in [-0.3, -0.25) is 4.21 Å². The third kappa shape index (κ3) is 3.05. The summed E-state index contributed by atoms with van der Waals surface area (Å²) in [4.78, 5) is 0. The van der Waals surface area contributed by atoms with Gasteiger partial charge in [0.2, 0.25) is 0 Å². The molecule has 1 heterocycles. The van der Waals surface area contributed by atoms with Crippen LogP contribution in [0.5, 0.6) is 5.75 Å². The largest absolute Gasteiger partial charge is 0.434 e. The number of rotatable bonds is 3. The van der Waals surface area contributed by atoms with Gasteiger partial charge in [0.25, 0.3) is 0 Å². The zero-order chi connectivity index (χ0) is 13.1. The molecule has 1 aliphatic heterocycles. The molecule has 0 saturated carbocycles. The van der Waals surface area contributed by atoms with E-state index in [2.05, 4.69) is 10.1 Å². The molecule has 3 nitrogen and oxygen atoms in total. The lowest BCUT2D eigenvalue weighted by Crippen LogP contribution is -2.41. The van der Waals surface area contributed by atoms with Crippen LogP contribution in [0.4, 0.5) is 8.78 Å². The number of hydrogen-bond acceptors (Lipinski definition) is 3. The van der Waals surface area contributed by atoms with Crippen molar-refractivity contribution in [2.45, 2.75) is 24.8 Å². The molecule has 18 heavy (non-hydrogen) atoms. The maximum atomic E-state index is 12.3. The van der Waals surface area contributed by atoms with Crippen LogP contribution in [0, 0.1) is 0 Å². The quantitative estimate of drug-likeness (QED) is 0.917. The summed E-state index contributed by atoms with van der Waals surface area (Å²) in [6.45, 7) is -0.333. The van der Waals surface area contributed by atoms with Crippen molar-refractivity contribution in [3.05, 3.63) is 29.8 Å². The summed E-state index contributed by atoms with van der Waals surface area (Å²) in [5.41, 5.74) is 0.637. The topological polar surface area (TPSA) is 38.3 Å². The summed E-state index contributed by atoms with van der Waals surface area (Å²) in [7, 11) is -0.942. The van der Waals surface area contributed by atoms with Gasteiger partial charge >= 0.3 is 6.61 Å². The van der Waals surface area contributed by atoms with Crippen LogP contribution < -0.4 is 10.1 Å². The second-order valence-corrected chi connectivity index (χ2v) is 6.13. The van der Waals surface area contributed by atoms with Gasteiger partial charge in [-0.1, -0.05) is 18.2 Å². The van der Waals surface area contributed by atoms with E-state index in [9.17, 15) is 13.0 Å². The minimum absolute atomic E-state index is 0.0874. The maximum Gasteiger partial charge on any atom is 0.387 e. The molecule has 6 heteroatoms. The van der Waals surface area contributed by atoms with Gasteiger partial charge in [-0.15, -0.1) is 0 Å². The smallest absolute Gasteiger partial charge is 0.387 e. The molecule has 0 radical (unpaired) electrons. The molecule has 3 unspecified atom stereocenters. The average molecular weight is 275 g/mol. The molecule has 1 fully saturated rings. The van der Waals surface area contributed by atoms with Crippen LogP contribution in [0.2, 0.25) is 0 Å². The van der Waals surface area contributed by atoms with Crippen molar-refractivity contribution < 1.29 is 17.7 Å². The SMILES string of the molecule is CC1CNC(c2ccccc2OC(F)F)CS1=O. The molecule has 1 aromatic carbocycles.